The van der Waals surface area contributed by atoms with Crippen molar-refractivity contribution in [3.05, 3.63) is 47.2 Å². The molecule has 158 valence electrons. The topological polar surface area (TPSA) is 78.3 Å². The van der Waals surface area contributed by atoms with Gasteiger partial charge in [-0.3, -0.25) is 4.79 Å². The van der Waals surface area contributed by atoms with Crippen LogP contribution in [0.5, 0.6) is 5.88 Å². The number of nitrogens with one attached hydrogen (secondary N) is 1. The standard InChI is InChI=1S/C23H28N4O3/c1-15-19(11-12-20(28)24-14-18-10-7-13-30-18)23(29-3)25-22-21(15)16(2)26-27(22)17-8-5-4-6-9-17/h4-6,8-9,18H,7,10-14H2,1-3H3,(H,24,28)/t18-/m1/s1. The van der Waals surface area contributed by atoms with E-state index in [-0.39, 0.29) is 12.0 Å². The molecule has 1 saturated heterocycles. The van der Waals surface area contributed by atoms with E-state index < -0.39 is 0 Å². The van der Waals surface area contributed by atoms with Crippen molar-refractivity contribution in [2.45, 2.75) is 45.6 Å². The minimum atomic E-state index is 0.0174. The quantitative estimate of drug-likeness (QED) is 0.649. The Labute approximate surface area is 176 Å². The van der Waals surface area contributed by atoms with Gasteiger partial charge in [-0.15, -0.1) is 0 Å². The molecular formula is C23H28N4O3. The summed E-state index contributed by atoms with van der Waals surface area (Å²) in [6, 6.07) is 9.93. The van der Waals surface area contributed by atoms with Crippen LogP contribution in [0.1, 0.15) is 36.1 Å². The number of benzene rings is 1. The molecule has 0 unspecified atom stereocenters. The third-order valence-corrected chi connectivity index (χ3v) is 5.68. The number of methoxy groups -OCH3 is 1. The van der Waals surface area contributed by atoms with Crippen molar-refractivity contribution in [1.82, 2.24) is 20.1 Å². The lowest BCUT2D eigenvalue weighted by atomic mass is 10.0. The monoisotopic (exact) mass is 408 g/mol. The first-order chi connectivity index (χ1) is 14.6. The molecule has 0 bridgehead atoms. The average Bonchev–Trinajstić information content (AvgIpc) is 3.40. The second kappa shape index (κ2) is 8.83. The van der Waals surface area contributed by atoms with E-state index in [4.69, 9.17) is 19.6 Å². The highest BCUT2D eigenvalue weighted by atomic mass is 16.5. The van der Waals surface area contributed by atoms with Crippen LogP contribution in [-0.2, 0) is 16.0 Å². The van der Waals surface area contributed by atoms with Crippen molar-refractivity contribution in [1.29, 1.82) is 0 Å². The molecule has 1 aliphatic rings. The van der Waals surface area contributed by atoms with Gasteiger partial charge in [-0.05, 0) is 50.8 Å². The lowest BCUT2D eigenvalue weighted by molar-refractivity contribution is -0.121. The van der Waals surface area contributed by atoms with Crippen LogP contribution in [-0.4, -0.2) is 47.0 Å². The first kappa shape index (κ1) is 20.3. The van der Waals surface area contributed by atoms with Gasteiger partial charge >= 0.3 is 0 Å². The van der Waals surface area contributed by atoms with Crippen LogP contribution >= 0.6 is 0 Å². The summed E-state index contributed by atoms with van der Waals surface area (Å²) in [5, 5.41) is 8.70. The van der Waals surface area contributed by atoms with Gasteiger partial charge in [-0.2, -0.15) is 10.1 Å². The number of nitrogens with zero attached hydrogens (tertiary/aromatic N) is 3. The largest absolute Gasteiger partial charge is 0.481 e. The smallest absolute Gasteiger partial charge is 0.220 e. The molecule has 0 radical (unpaired) electrons. The lowest BCUT2D eigenvalue weighted by Crippen LogP contribution is -2.31. The zero-order valence-electron chi connectivity index (χ0n) is 17.8. The molecule has 7 heteroatoms. The Kier molecular flexibility index (Phi) is 5.99. The number of carbonyl (C=O) groups excluding carboxylic acids is 1. The van der Waals surface area contributed by atoms with Gasteiger partial charge in [0.25, 0.3) is 0 Å². The number of pyridine rings is 1. The number of rotatable bonds is 7. The van der Waals surface area contributed by atoms with E-state index in [9.17, 15) is 4.79 Å². The fraction of sp³-hybridized carbons (Fsp3) is 0.435. The van der Waals surface area contributed by atoms with Crippen molar-refractivity contribution in [3.8, 4) is 11.6 Å². The van der Waals surface area contributed by atoms with E-state index in [0.717, 1.165) is 53.0 Å². The summed E-state index contributed by atoms with van der Waals surface area (Å²) in [4.78, 5) is 17.1. The fourth-order valence-corrected chi connectivity index (χ4v) is 4.10. The molecule has 7 nitrogen and oxygen atoms in total. The van der Waals surface area contributed by atoms with Crippen LogP contribution in [0.4, 0.5) is 0 Å². The van der Waals surface area contributed by atoms with E-state index in [1.165, 1.54) is 0 Å². The van der Waals surface area contributed by atoms with E-state index in [2.05, 4.69) is 12.2 Å². The number of aryl methyl sites for hydroxylation is 2. The van der Waals surface area contributed by atoms with Crippen molar-refractivity contribution in [3.63, 3.8) is 0 Å². The van der Waals surface area contributed by atoms with E-state index in [1.807, 2.05) is 41.9 Å². The molecule has 30 heavy (non-hydrogen) atoms. The minimum Gasteiger partial charge on any atom is -0.481 e. The van der Waals surface area contributed by atoms with Crippen LogP contribution in [0.25, 0.3) is 16.7 Å². The maximum absolute atomic E-state index is 12.4. The zero-order chi connectivity index (χ0) is 21.1. The van der Waals surface area contributed by atoms with Gasteiger partial charge in [0, 0.05) is 30.5 Å². The molecule has 1 fully saturated rings. The first-order valence-electron chi connectivity index (χ1n) is 10.4. The van der Waals surface area contributed by atoms with Crippen LogP contribution in [0.2, 0.25) is 0 Å². The van der Waals surface area contributed by atoms with Crippen LogP contribution in [0, 0.1) is 13.8 Å². The molecule has 1 atom stereocenters. The summed E-state index contributed by atoms with van der Waals surface area (Å²) < 4.78 is 13.0. The van der Waals surface area contributed by atoms with Gasteiger partial charge in [-0.1, -0.05) is 18.2 Å². The Morgan fingerprint density at radius 3 is 2.80 bits per heavy atom. The fourth-order valence-electron chi connectivity index (χ4n) is 4.10. The van der Waals surface area contributed by atoms with Crippen LogP contribution < -0.4 is 10.1 Å². The van der Waals surface area contributed by atoms with Gasteiger partial charge < -0.3 is 14.8 Å². The molecule has 3 aromatic rings. The Bertz CT molecular complexity index is 1040. The Morgan fingerprint density at radius 1 is 1.30 bits per heavy atom. The highest BCUT2D eigenvalue weighted by Crippen LogP contribution is 2.31. The number of carbonyl (C=O) groups is 1. The van der Waals surface area contributed by atoms with Gasteiger partial charge in [0.1, 0.15) is 0 Å². The number of ether oxygens (including phenoxy) is 2. The highest BCUT2D eigenvalue weighted by molar-refractivity contribution is 5.85. The van der Waals surface area contributed by atoms with E-state index in [1.54, 1.807) is 7.11 Å². The first-order valence-corrected chi connectivity index (χ1v) is 10.4. The van der Waals surface area contributed by atoms with Gasteiger partial charge in [0.15, 0.2) is 5.65 Å². The van der Waals surface area contributed by atoms with Crippen molar-refractivity contribution >= 4 is 16.9 Å². The summed E-state index contributed by atoms with van der Waals surface area (Å²) in [6.07, 6.45) is 3.17. The van der Waals surface area contributed by atoms with E-state index in [0.29, 0.717) is 25.3 Å². The highest BCUT2D eigenvalue weighted by Gasteiger charge is 2.21. The summed E-state index contributed by atoms with van der Waals surface area (Å²) >= 11 is 0. The average molecular weight is 409 g/mol. The number of aromatic nitrogens is 3. The summed E-state index contributed by atoms with van der Waals surface area (Å²) in [7, 11) is 1.62. The van der Waals surface area contributed by atoms with Gasteiger partial charge in [-0.25, -0.2) is 4.68 Å². The van der Waals surface area contributed by atoms with Crippen molar-refractivity contribution in [2.75, 3.05) is 20.3 Å². The van der Waals surface area contributed by atoms with Crippen molar-refractivity contribution in [2.24, 2.45) is 0 Å². The molecule has 2 aromatic heterocycles. The van der Waals surface area contributed by atoms with Gasteiger partial charge in [0.05, 0.1) is 24.6 Å². The minimum absolute atomic E-state index is 0.0174. The summed E-state index contributed by atoms with van der Waals surface area (Å²) in [6.45, 7) is 5.41. The third kappa shape index (κ3) is 4.03. The molecule has 1 amide bonds. The second-order valence-corrected chi connectivity index (χ2v) is 7.70. The van der Waals surface area contributed by atoms with Crippen LogP contribution in [0.3, 0.4) is 0 Å². The van der Waals surface area contributed by atoms with Gasteiger partial charge in [0.2, 0.25) is 11.8 Å². The molecule has 1 aliphatic heterocycles. The lowest BCUT2D eigenvalue weighted by Gasteiger charge is -2.14. The van der Waals surface area contributed by atoms with E-state index >= 15 is 0 Å². The maximum atomic E-state index is 12.4. The zero-order valence-corrected chi connectivity index (χ0v) is 17.8. The summed E-state index contributed by atoms with van der Waals surface area (Å²) in [5.74, 6) is 0.563. The molecular weight excluding hydrogens is 380 g/mol. The maximum Gasteiger partial charge on any atom is 0.220 e. The third-order valence-electron chi connectivity index (χ3n) is 5.68. The molecule has 4 rings (SSSR count). The van der Waals surface area contributed by atoms with Crippen LogP contribution in [0.15, 0.2) is 30.3 Å². The number of hydrogen-bond acceptors (Lipinski definition) is 5. The number of hydrogen-bond donors (Lipinski definition) is 1. The Hall–Kier alpha value is -2.93. The predicted octanol–water partition coefficient (Wildman–Crippen LogP) is 3.27. The number of fused-ring (bicyclic) bond motifs is 1. The molecule has 0 saturated carbocycles. The molecule has 3 heterocycles. The SMILES string of the molecule is COc1nc2c(c(C)nn2-c2ccccc2)c(C)c1CCC(=O)NC[C@H]1CCCO1. The number of para-hydroxylation sites is 1. The summed E-state index contributed by atoms with van der Waals surface area (Å²) in [5.41, 5.74) is 4.63. The molecule has 0 aliphatic carbocycles. The normalized spacial score (nSPS) is 16.2. The Balaban J connectivity index is 1.58. The van der Waals surface area contributed by atoms with Crippen molar-refractivity contribution < 1.29 is 14.3 Å². The Morgan fingerprint density at radius 2 is 2.10 bits per heavy atom. The molecule has 0 spiro atoms. The number of amides is 1. The predicted molar refractivity (Wildman–Crippen MR) is 115 cm³/mol. The molecule has 1 aromatic carbocycles. The second-order valence-electron chi connectivity index (χ2n) is 7.70. The molecule has 1 N–H and O–H groups in total.